The Labute approximate surface area is 89.3 Å². The third-order valence-electron chi connectivity index (χ3n) is 3.07. The van der Waals surface area contributed by atoms with Gasteiger partial charge in [-0.05, 0) is 20.0 Å². The van der Waals surface area contributed by atoms with Gasteiger partial charge in [0.15, 0.2) is 0 Å². The maximum atomic E-state index is 2.57. The molecule has 84 valence electrons. The lowest BCUT2D eigenvalue weighted by atomic mass is 10.1. The van der Waals surface area contributed by atoms with Crippen molar-refractivity contribution in [2.75, 3.05) is 33.4 Å². The van der Waals surface area contributed by atoms with Gasteiger partial charge in [-0.3, -0.25) is 9.80 Å². The van der Waals surface area contributed by atoms with Crippen LogP contribution >= 0.6 is 0 Å². The highest BCUT2D eigenvalue weighted by atomic mass is 15.4. The van der Waals surface area contributed by atoms with Crippen LogP contribution in [-0.2, 0) is 0 Å². The molecule has 1 aliphatic rings. The molecule has 1 fully saturated rings. The summed E-state index contributed by atoms with van der Waals surface area (Å²) in [5.74, 6) is 0. The largest absolute Gasteiger partial charge is 0.292 e. The van der Waals surface area contributed by atoms with Gasteiger partial charge in [0.2, 0.25) is 0 Å². The number of unbranched alkanes of at least 4 members (excludes halogenated alkanes) is 5. The van der Waals surface area contributed by atoms with E-state index in [0.717, 1.165) is 0 Å². The second kappa shape index (κ2) is 7.24. The van der Waals surface area contributed by atoms with Crippen LogP contribution in [0, 0.1) is 0 Å². The molecule has 0 spiro atoms. The average Bonchev–Trinajstić information content (AvgIpc) is 2.58. The van der Waals surface area contributed by atoms with Crippen molar-refractivity contribution in [3.05, 3.63) is 0 Å². The summed E-state index contributed by atoms with van der Waals surface area (Å²) < 4.78 is 0. The molecule has 1 heterocycles. The first-order chi connectivity index (χ1) is 6.83. The summed E-state index contributed by atoms with van der Waals surface area (Å²) in [5.41, 5.74) is 0. The second-order valence-electron chi connectivity index (χ2n) is 4.61. The van der Waals surface area contributed by atoms with Gasteiger partial charge in [0.1, 0.15) is 0 Å². The number of hydrogen-bond donors (Lipinski definition) is 0. The number of hydrogen-bond acceptors (Lipinski definition) is 2. The van der Waals surface area contributed by atoms with Crippen LogP contribution < -0.4 is 0 Å². The molecule has 0 saturated carbocycles. The van der Waals surface area contributed by atoms with Crippen LogP contribution in [-0.4, -0.2) is 43.2 Å². The van der Waals surface area contributed by atoms with Crippen LogP contribution in [0.4, 0.5) is 0 Å². The molecule has 0 bridgehead atoms. The highest BCUT2D eigenvalue weighted by Gasteiger charge is 2.14. The zero-order chi connectivity index (χ0) is 10.2. The second-order valence-corrected chi connectivity index (χ2v) is 4.61. The van der Waals surface area contributed by atoms with Gasteiger partial charge in [0.25, 0.3) is 0 Å². The van der Waals surface area contributed by atoms with E-state index in [-0.39, 0.29) is 0 Å². The summed E-state index contributed by atoms with van der Waals surface area (Å²) in [4.78, 5) is 4.97. The standard InChI is InChI=1S/C12H26N2/c1-3-4-5-6-7-8-9-14-11-10-13(2)12-14/h3-12H2,1-2H3. The van der Waals surface area contributed by atoms with Gasteiger partial charge >= 0.3 is 0 Å². The fourth-order valence-corrected chi connectivity index (χ4v) is 2.09. The summed E-state index contributed by atoms with van der Waals surface area (Å²) in [6, 6.07) is 0. The maximum absolute atomic E-state index is 2.57. The molecular weight excluding hydrogens is 172 g/mol. The Morgan fingerprint density at radius 3 is 2.29 bits per heavy atom. The number of nitrogens with zero attached hydrogens (tertiary/aromatic N) is 2. The van der Waals surface area contributed by atoms with E-state index in [0.29, 0.717) is 0 Å². The molecule has 0 unspecified atom stereocenters. The molecular formula is C12H26N2. The van der Waals surface area contributed by atoms with Crippen molar-refractivity contribution in [2.24, 2.45) is 0 Å². The topological polar surface area (TPSA) is 6.48 Å². The van der Waals surface area contributed by atoms with Gasteiger partial charge < -0.3 is 0 Å². The van der Waals surface area contributed by atoms with E-state index in [2.05, 4.69) is 23.8 Å². The summed E-state index contributed by atoms with van der Waals surface area (Å²) in [5, 5.41) is 0. The fourth-order valence-electron chi connectivity index (χ4n) is 2.09. The van der Waals surface area contributed by atoms with Gasteiger partial charge in [-0.2, -0.15) is 0 Å². The summed E-state index contributed by atoms with van der Waals surface area (Å²) >= 11 is 0. The summed E-state index contributed by atoms with van der Waals surface area (Å²) in [6.07, 6.45) is 8.50. The minimum atomic E-state index is 1.19. The Morgan fingerprint density at radius 2 is 1.64 bits per heavy atom. The van der Waals surface area contributed by atoms with Gasteiger partial charge in [0.05, 0.1) is 6.67 Å². The molecule has 1 saturated heterocycles. The molecule has 0 aromatic carbocycles. The van der Waals surface area contributed by atoms with Crippen molar-refractivity contribution in [2.45, 2.75) is 45.4 Å². The lowest BCUT2D eigenvalue weighted by molar-refractivity contribution is 0.269. The molecule has 1 rings (SSSR count). The molecule has 0 aliphatic carbocycles. The van der Waals surface area contributed by atoms with Crippen molar-refractivity contribution < 1.29 is 0 Å². The minimum absolute atomic E-state index is 1.19. The number of rotatable bonds is 7. The van der Waals surface area contributed by atoms with E-state index in [9.17, 15) is 0 Å². The van der Waals surface area contributed by atoms with Crippen LogP contribution in [0.15, 0.2) is 0 Å². The quantitative estimate of drug-likeness (QED) is 0.580. The summed E-state index contributed by atoms with van der Waals surface area (Å²) in [7, 11) is 2.21. The van der Waals surface area contributed by atoms with E-state index in [4.69, 9.17) is 0 Å². The lowest BCUT2D eigenvalue weighted by Crippen LogP contribution is -2.24. The molecule has 0 amide bonds. The first-order valence-corrected chi connectivity index (χ1v) is 6.24. The Hall–Kier alpha value is -0.0800. The fraction of sp³-hybridized carbons (Fsp3) is 1.00. The highest BCUT2D eigenvalue weighted by Crippen LogP contribution is 2.08. The molecule has 0 N–H and O–H groups in total. The zero-order valence-electron chi connectivity index (χ0n) is 9.97. The Kier molecular flexibility index (Phi) is 6.20. The average molecular weight is 198 g/mol. The van der Waals surface area contributed by atoms with E-state index in [1.807, 2.05) is 0 Å². The van der Waals surface area contributed by atoms with Crippen molar-refractivity contribution in [1.29, 1.82) is 0 Å². The Balaban J connectivity index is 1.84. The highest BCUT2D eigenvalue weighted by molar-refractivity contribution is 4.67. The minimum Gasteiger partial charge on any atom is -0.292 e. The first-order valence-electron chi connectivity index (χ1n) is 6.24. The predicted octanol–water partition coefficient (Wildman–Crippen LogP) is 2.55. The van der Waals surface area contributed by atoms with Gasteiger partial charge in [-0.25, -0.2) is 0 Å². The van der Waals surface area contributed by atoms with Crippen LogP contribution in [0.25, 0.3) is 0 Å². The van der Waals surface area contributed by atoms with Gasteiger partial charge in [-0.1, -0.05) is 39.0 Å². The van der Waals surface area contributed by atoms with Crippen molar-refractivity contribution >= 4 is 0 Å². The monoisotopic (exact) mass is 198 g/mol. The third-order valence-corrected chi connectivity index (χ3v) is 3.07. The normalized spacial score (nSPS) is 19.3. The molecule has 2 nitrogen and oxygen atoms in total. The van der Waals surface area contributed by atoms with Gasteiger partial charge in [-0.15, -0.1) is 0 Å². The predicted molar refractivity (Wildman–Crippen MR) is 62.4 cm³/mol. The van der Waals surface area contributed by atoms with Gasteiger partial charge in [0, 0.05) is 13.1 Å². The zero-order valence-corrected chi connectivity index (χ0v) is 9.97. The lowest BCUT2D eigenvalue weighted by Gasteiger charge is -2.14. The van der Waals surface area contributed by atoms with Crippen LogP contribution in [0.3, 0.4) is 0 Å². The van der Waals surface area contributed by atoms with Crippen LogP contribution in [0.1, 0.15) is 45.4 Å². The smallest absolute Gasteiger partial charge is 0.0504 e. The van der Waals surface area contributed by atoms with E-state index >= 15 is 0 Å². The molecule has 0 aromatic rings. The van der Waals surface area contributed by atoms with Crippen molar-refractivity contribution in [1.82, 2.24) is 9.80 Å². The SMILES string of the molecule is CCCCCCCCN1CCN(C)C1. The van der Waals surface area contributed by atoms with Crippen LogP contribution in [0.5, 0.6) is 0 Å². The summed E-state index contributed by atoms with van der Waals surface area (Å²) in [6.45, 7) is 7.33. The van der Waals surface area contributed by atoms with E-state index in [1.54, 1.807) is 0 Å². The molecule has 0 aromatic heterocycles. The first kappa shape index (κ1) is 12.0. The molecule has 0 atom stereocenters. The Morgan fingerprint density at radius 1 is 0.929 bits per heavy atom. The van der Waals surface area contributed by atoms with Crippen molar-refractivity contribution in [3.8, 4) is 0 Å². The van der Waals surface area contributed by atoms with E-state index < -0.39 is 0 Å². The molecule has 0 radical (unpaired) electrons. The van der Waals surface area contributed by atoms with Crippen molar-refractivity contribution in [3.63, 3.8) is 0 Å². The van der Waals surface area contributed by atoms with Crippen LogP contribution in [0.2, 0.25) is 0 Å². The molecule has 14 heavy (non-hydrogen) atoms. The maximum Gasteiger partial charge on any atom is 0.0504 e. The Bertz CT molecular complexity index is 136. The third kappa shape index (κ3) is 4.97. The molecule has 2 heteroatoms. The van der Waals surface area contributed by atoms with E-state index in [1.165, 1.54) is 64.8 Å². The number of likely N-dealkylation sites (N-methyl/N-ethyl adjacent to an activating group) is 1. The molecule has 1 aliphatic heterocycles.